The molecule has 0 aliphatic heterocycles. The zero-order valence-corrected chi connectivity index (χ0v) is 12.1. The smallest absolute Gasteiger partial charge is 0.214 e. The van der Waals surface area contributed by atoms with Gasteiger partial charge >= 0.3 is 0 Å². The summed E-state index contributed by atoms with van der Waals surface area (Å²) in [7, 11) is 0. The Labute approximate surface area is 117 Å². The quantitative estimate of drug-likeness (QED) is 0.624. The molecule has 0 amide bonds. The van der Waals surface area contributed by atoms with Crippen LogP contribution >= 0.6 is 11.6 Å². The van der Waals surface area contributed by atoms with Gasteiger partial charge in [-0.1, -0.05) is 6.92 Å². The van der Waals surface area contributed by atoms with Crippen LogP contribution in [0.1, 0.15) is 40.3 Å². The van der Waals surface area contributed by atoms with E-state index in [1.807, 2.05) is 31.4 Å². The monoisotopic (exact) mass is 280 g/mol. The molecule has 19 heavy (non-hydrogen) atoms. The second-order valence-electron chi connectivity index (χ2n) is 4.50. The molecule has 102 valence electrons. The van der Waals surface area contributed by atoms with Crippen LogP contribution in [0.15, 0.2) is 16.7 Å². The summed E-state index contributed by atoms with van der Waals surface area (Å²) < 4.78 is 7.62. The molecule has 0 saturated heterocycles. The van der Waals surface area contributed by atoms with Crippen LogP contribution in [0.5, 0.6) is 0 Å². The van der Waals surface area contributed by atoms with E-state index >= 15 is 0 Å². The second-order valence-corrected chi connectivity index (χ2v) is 4.77. The summed E-state index contributed by atoms with van der Waals surface area (Å²) in [6.45, 7) is 6.43. The fourth-order valence-electron chi connectivity index (χ4n) is 2.12. The highest BCUT2D eigenvalue weighted by Crippen LogP contribution is 2.18. The molecule has 2 aromatic heterocycles. The number of rotatable bonds is 5. The maximum absolute atomic E-state index is 11.7. The van der Waals surface area contributed by atoms with E-state index in [0.717, 1.165) is 23.6 Å². The lowest BCUT2D eigenvalue weighted by Gasteiger charge is -2.06. The van der Waals surface area contributed by atoms with Crippen LogP contribution in [0.3, 0.4) is 0 Å². The third-order valence-electron chi connectivity index (χ3n) is 3.24. The van der Waals surface area contributed by atoms with Crippen molar-refractivity contribution in [3.05, 3.63) is 40.9 Å². The van der Waals surface area contributed by atoms with Crippen molar-refractivity contribution >= 4 is 17.4 Å². The Balaban J connectivity index is 2.30. The van der Waals surface area contributed by atoms with Gasteiger partial charge in [-0.25, -0.2) is 4.98 Å². The molecular formula is C14H17ClN2O2. The van der Waals surface area contributed by atoms with Crippen LogP contribution in [-0.4, -0.2) is 21.2 Å². The Morgan fingerprint density at radius 1 is 1.47 bits per heavy atom. The summed E-state index contributed by atoms with van der Waals surface area (Å²) in [6, 6.07) is 1.86. The van der Waals surface area contributed by atoms with Gasteiger partial charge in [0.25, 0.3) is 0 Å². The standard InChI is InChI=1S/C14H17ClN2O2/c1-4-11-7-16-14(19-11)8-17-9(2)5-12(10(17)3)13(18)6-15/h5,7H,4,6,8H2,1-3H3. The SMILES string of the molecule is CCc1cnc(Cn2c(C)cc(C(=O)CCl)c2C)o1. The van der Waals surface area contributed by atoms with Gasteiger partial charge in [0.2, 0.25) is 5.89 Å². The van der Waals surface area contributed by atoms with Gasteiger partial charge in [-0.15, -0.1) is 11.6 Å². The number of carbonyl (C=O) groups is 1. The molecule has 0 atom stereocenters. The highest BCUT2D eigenvalue weighted by molar-refractivity contribution is 6.30. The van der Waals surface area contributed by atoms with E-state index in [1.54, 1.807) is 6.20 Å². The van der Waals surface area contributed by atoms with Gasteiger partial charge in [0.05, 0.1) is 18.6 Å². The summed E-state index contributed by atoms with van der Waals surface area (Å²) in [5, 5.41) is 0. The van der Waals surface area contributed by atoms with E-state index in [0.29, 0.717) is 18.0 Å². The fourth-order valence-corrected chi connectivity index (χ4v) is 2.26. The molecular weight excluding hydrogens is 264 g/mol. The molecule has 0 spiro atoms. The first-order valence-electron chi connectivity index (χ1n) is 6.26. The van der Waals surface area contributed by atoms with Crippen molar-refractivity contribution < 1.29 is 9.21 Å². The average molecular weight is 281 g/mol. The molecule has 0 aliphatic rings. The zero-order valence-electron chi connectivity index (χ0n) is 11.4. The molecule has 0 bridgehead atoms. The van der Waals surface area contributed by atoms with Gasteiger partial charge in [0, 0.05) is 23.4 Å². The topological polar surface area (TPSA) is 48.0 Å². The van der Waals surface area contributed by atoms with Crippen molar-refractivity contribution in [2.24, 2.45) is 0 Å². The number of nitrogens with zero attached hydrogens (tertiary/aromatic N) is 2. The molecule has 0 fully saturated rings. The summed E-state index contributed by atoms with van der Waals surface area (Å²) in [5.41, 5.74) is 2.58. The first-order chi connectivity index (χ1) is 9.06. The number of halogens is 1. The van der Waals surface area contributed by atoms with Gasteiger partial charge in [-0.05, 0) is 19.9 Å². The van der Waals surface area contributed by atoms with E-state index in [9.17, 15) is 4.79 Å². The van der Waals surface area contributed by atoms with Crippen molar-refractivity contribution in [1.29, 1.82) is 0 Å². The summed E-state index contributed by atoms with van der Waals surface area (Å²) in [5.74, 6) is 1.48. The van der Waals surface area contributed by atoms with Crippen molar-refractivity contribution in [2.45, 2.75) is 33.7 Å². The fraction of sp³-hybridized carbons (Fsp3) is 0.429. The minimum Gasteiger partial charge on any atom is -0.444 e. The lowest BCUT2D eigenvalue weighted by atomic mass is 10.2. The maximum Gasteiger partial charge on any atom is 0.214 e. The summed E-state index contributed by atoms with van der Waals surface area (Å²) >= 11 is 5.61. The highest BCUT2D eigenvalue weighted by Gasteiger charge is 2.16. The van der Waals surface area contributed by atoms with Crippen molar-refractivity contribution in [2.75, 3.05) is 5.88 Å². The zero-order chi connectivity index (χ0) is 14.0. The molecule has 0 saturated carbocycles. The van der Waals surface area contributed by atoms with E-state index in [4.69, 9.17) is 16.0 Å². The van der Waals surface area contributed by atoms with Gasteiger partial charge < -0.3 is 8.98 Å². The third kappa shape index (κ3) is 2.73. The number of aryl methyl sites for hydroxylation is 2. The van der Waals surface area contributed by atoms with Crippen LogP contribution in [-0.2, 0) is 13.0 Å². The minimum atomic E-state index is -0.0531. The van der Waals surface area contributed by atoms with Crippen LogP contribution < -0.4 is 0 Å². The maximum atomic E-state index is 11.7. The molecule has 2 heterocycles. The van der Waals surface area contributed by atoms with Crippen molar-refractivity contribution in [3.63, 3.8) is 0 Å². The lowest BCUT2D eigenvalue weighted by Crippen LogP contribution is -2.07. The van der Waals surface area contributed by atoms with E-state index in [1.165, 1.54) is 0 Å². The van der Waals surface area contributed by atoms with Gasteiger partial charge in [-0.3, -0.25) is 4.79 Å². The second kappa shape index (κ2) is 5.61. The lowest BCUT2D eigenvalue weighted by molar-refractivity contribution is 0.102. The minimum absolute atomic E-state index is 0.00325. The van der Waals surface area contributed by atoms with E-state index < -0.39 is 0 Å². The predicted molar refractivity (Wildman–Crippen MR) is 73.9 cm³/mol. The molecule has 0 aromatic carbocycles. The van der Waals surface area contributed by atoms with E-state index in [-0.39, 0.29) is 11.7 Å². The first kappa shape index (κ1) is 13.9. The summed E-state index contributed by atoms with van der Waals surface area (Å²) in [6.07, 6.45) is 2.57. The molecule has 0 aliphatic carbocycles. The van der Waals surface area contributed by atoms with Crippen molar-refractivity contribution in [3.8, 4) is 0 Å². The number of Topliss-reactive ketones (excluding diaryl/α,β-unsaturated/α-hetero) is 1. The van der Waals surface area contributed by atoms with Crippen LogP contribution in [0.2, 0.25) is 0 Å². The molecule has 0 unspecified atom stereocenters. The molecule has 5 heteroatoms. The predicted octanol–water partition coefficient (Wildman–Crippen LogP) is 3.13. The van der Waals surface area contributed by atoms with Crippen LogP contribution in [0, 0.1) is 13.8 Å². The van der Waals surface area contributed by atoms with Crippen molar-refractivity contribution in [1.82, 2.24) is 9.55 Å². The molecule has 0 N–H and O–H groups in total. The normalized spacial score (nSPS) is 10.9. The Bertz CT molecular complexity index is 599. The molecule has 0 radical (unpaired) electrons. The number of aromatic nitrogens is 2. The number of ketones is 1. The largest absolute Gasteiger partial charge is 0.444 e. The Kier molecular flexibility index (Phi) is 4.10. The third-order valence-corrected chi connectivity index (χ3v) is 3.48. The van der Waals surface area contributed by atoms with E-state index in [2.05, 4.69) is 4.98 Å². The Morgan fingerprint density at radius 2 is 2.21 bits per heavy atom. The molecule has 4 nitrogen and oxygen atoms in total. The Morgan fingerprint density at radius 3 is 2.79 bits per heavy atom. The van der Waals surface area contributed by atoms with Gasteiger partial charge in [0.15, 0.2) is 5.78 Å². The molecule has 2 aromatic rings. The number of alkyl halides is 1. The number of hydrogen-bond acceptors (Lipinski definition) is 3. The highest BCUT2D eigenvalue weighted by atomic mass is 35.5. The Hall–Kier alpha value is -1.55. The number of oxazole rings is 1. The first-order valence-corrected chi connectivity index (χ1v) is 6.79. The van der Waals surface area contributed by atoms with Gasteiger partial charge in [-0.2, -0.15) is 0 Å². The number of hydrogen-bond donors (Lipinski definition) is 0. The molecule has 2 rings (SSSR count). The average Bonchev–Trinajstić information content (AvgIpc) is 2.97. The number of carbonyl (C=O) groups excluding carboxylic acids is 1. The van der Waals surface area contributed by atoms with Crippen LogP contribution in [0.4, 0.5) is 0 Å². The van der Waals surface area contributed by atoms with Gasteiger partial charge in [0.1, 0.15) is 5.76 Å². The van der Waals surface area contributed by atoms with Crippen LogP contribution in [0.25, 0.3) is 0 Å². The summed E-state index contributed by atoms with van der Waals surface area (Å²) in [4.78, 5) is 16.0.